The highest BCUT2D eigenvalue weighted by molar-refractivity contribution is 7.08. The zero-order valence-electron chi connectivity index (χ0n) is 14.6. The van der Waals surface area contributed by atoms with E-state index >= 15 is 0 Å². The molecule has 0 radical (unpaired) electrons. The van der Waals surface area contributed by atoms with E-state index in [1.807, 2.05) is 24.3 Å². The van der Waals surface area contributed by atoms with E-state index in [4.69, 9.17) is 11.6 Å². The van der Waals surface area contributed by atoms with Gasteiger partial charge in [0.25, 0.3) is 0 Å². The van der Waals surface area contributed by atoms with Gasteiger partial charge in [0.05, 0.1) is 22.9 Å². The van der Waals surface area contributed by atoms with Gasteiger partial charge in [-0.1, -0.05) is 41.9 Å². The average molecular weight is 411 g/mol. The molecule has 7 heteroatoms. The second kappa shape index (κ2) is 8.70. The number of benzene rings is 2. The minimum atomic E-state index is -1.10. The summed E-state index contributed by atoms with van der Waals surface area (Å²) in [7, 11) is 0. The van der Waals surface area contributed by atoms with Gasteiger partial charge < -0.3 is 10.4 Å². The number of nitriles is 1. The molecule has 0 aliphatic heterocycles. The number of anilines is 1. The molecule has 0 aliphatic rings. The first kappa shape index (κ1) is 19.6. The molecule has 1 heterocycles. The number of aromatic carboxylic acids is 1. The van der Waals surface area contributed by atoms with Crippen molar-refractivity contribution in [2.45, 2.75) is 12.3 Å². The van der Waals surface area contributed by atoms with Crippen LogP contribution < -0.4 is 5.32 Å². The number of hydrogen-bond donors (Lipinski definition) is 2. The van der Waals surface area contributed by atoms with Gasteiger partial charge in [-0.25, -0.2) is 4.79 Å². The first-order valence-corrected chi connectivity index (χ1v) is 9.65. The third-order valence-electron chi connectivity index (χ3n) is 4.29. The van der Waals surface area contributed by atoms with E-state index in [0.29, 0.717) is 10.6 Å². The largest absolute Gasteiger partial charge is 0.478 e. The van der Waals surface area contributed by atoms with Crippen LogP contribution >= 0.6 is 22.9 Å². The minimum Gasteiger partial charge on any atom is -0.478 e. The standard InChI is InChI=1S/C21H15ClN2O3S/c22-15-7-5-13(6-8-15)17(16-4-2-1-3-14(16)10-23)9-20(25)24-19-12-28-11-18(19)21(26)27/h1-8,11-12,17H,9H2,(H,24,25)(H,26,27). The van der Waals surface area contributed by atoms with Crippen molar-refractivity contribution in [3.8, 4) is 6.07 Å². The number of hydrogen-bond acceptors (Lipinski definition) is 4. The number of halogens is 1. The van der Waals surface area contributed by atoms with Crippen LogP contribution in [-0.2, 0) is 4.79 Å². The van der Waals surface area contributed by atoms with Gasteiger partial charge in [0, 0.05) is 28.1 Å². The van der Waals surface area contributed by atoms with Crippen LogP contribution in [0.4, 0.5) is 5.69 Å². The van der Waals surface area contributed by atoms with Crippen molar-refractivity contribution in [3.63, 3.8) is 0 Å². The number of carbonyl (C=O) groups excluding carboxylic acids is 1. The Morgan fingerprint density at radius 2 is 1.86 bits per heavy atom. The maximum Gasteiger partial charge on any atom is 0.338 e. The highest BCUT2D eigenvalue weighted by atomic mass is 35.5. The zero-order valence-corrected chi connectivity index (χ0v) is 16.1. The molecular formula is C21H15ClN2O3S. The fourth-order valence-electron chi connectivity index (χ4n) is 2.95. The molecule has 2 aromatic carbocycles. The molecule has 140 valence electrons. The van der Waals surface area contributed by atoms with Crippen LogP contribution in [0.5, 0.6) is 0 Å². The second-order valence-electron chi connectivity index (χ2n) is 6.06. The molecule has 1 aromatic heterocycles. The van der Waals surface area contributed by atoms with Gasteiger partial charge in [0.15, 0.2) is 0 Å². The Kier molecular flexibility index (Phi) is 6.09. The van der Waals surface area contributed by atoms with Crippen LogP contribution in [-0.4, -0.2) is 17.0 Å². The number of nitrogens with one attached hydrogen (secondary N) is 1. The summed E-state index contributed by atoms with van der Waals surface area (Å²) in [6.07, 6.45) is 0.0508. The molecule has 0 aliphatic carbocycles. The predicted octanol–water partition coefficient (Wildman–Crippen LogP) is 5.13. The summed E-state index contributed by atoms with van der Waals surface area (Å²) in [5.41, 5.74) is 2.37. The minimum absolute atomic E-state index is 0.0508. The quantitative estimate of drug-likeness (QED) is 0.589. The molecular weight excluding hydrogens is 396 g/mol. The molecule has 1 unspecified atom stereocenters. The van der Waals surface area contributed by atoms with E-state index in [1.165, 1.54) is 16.7 Å². The lowest BCUT2D eigenvalue weighted by atomic mass is 9.85. The topological polar surface area (TPSA) is 90.2 Å². The molecule has 1 atom stereocenters. The molecule has 0 saturated heterocycles. The average Bonchev–Trinajstić information content (AvgIpc) is 3.15. The van der Waals surface area contributed by atoms with Crippen LogP contribution in [0.15, 0.2) is 59.3 Å². The predicted molar refractivity (Wildman–Crippen MR) is 109 cm³/mol. The summed E-state index contributed by atoms with van der Waals surface area (Å²) >= 11 is 7.19. The van der Waals surface area contributed by atoms with Crippen LogP contribution in [0.2, 0.25) is 5.02 Å². The van der Waals surface area contributed by atoms with Gasteiger partial charge in [0.1, 0.15) is 0 Å². The number of amides is 1. The third kappa shape index (κ3) is 4.39. The zero-order chi connectivity index (χ0) is 20.1. The SMILES string of the molecule is N#Cc1ccccc1C(CC(=O)Nc1cscc1C(=O)O)c1ccc(Cl)cc1. The van der Waals surface area contributed by atoms with E-state index in [-0.39, 0.29) is 29.5 Å². The van der Waals surface area contributed by atoms with E-state index < -0.39 is 5.97 Å². The number of thiophene rings is 1. The van der Waals surface area contributed by atoms with E-state index in [1.54, 1.807) is 29.6 Å². The molecule has 3 rings (SSSR count). The van der Waals surface area contributed by atoms with Crippen LogP contribution in [0, 0.1) is 11.3 Å². The van der Waals surface area contributed by atoms with Crippen molar-refractivity contribution in [1.29, 1.82) is 5.26 Å². The van der Waals surface area contributed by atoms with Gasteiger partial charge in [-0.2, -0.15) is 5.26 Å². The highest BCUT2D eigenvalue weighted by Crippen LogP contribution is 2.32. The first-order chi connectivity index (χ1) is 13.5. The van der Waals surface area contributed by atoms with E-state index in [2.05, 4.69) is 11.4 Å². The molecule has 2 N–H and O–H groups in total. The third-order valence-corrected chi connectivity index (χ3v) is 5.28. The van der Waals surface area contributed by atoms with Crippen molar-refractivity contribution in [2.24, 2.45) is 0 Å². The lowest BCUT2D eigenvalue weighted by Gasteiger charge is -2.19. The maximum absolute atomic E-state index is 12.7. The van der Waals surface area contributed by atoms with Crippen LogP contribution in [0.25, 0.3) is 0 Å². The molecule has 0 fully saturated rings. The van der Waals surface area contributed by atoms with Gasteiger partial charge in [-0.05, 0) is 29.3 Å². The lowest BCUT2D eigenvalue weighted by molar-refractivity contribution is -0.116. The van der Waals surface area contributed by atoms with Gasteiger partial charge >= 0.3 is 5.97 Å². The van der Waals surface area contributed by atoms with Gasteiger partial charge in [-0.15, -0.1) is 11.3 Å². The van der Waals surface area contributed by atoms with Gasteiger partial charge in [0.2, 0.25) is 5.91 Å². The Hall–Kier alpha value is -3.14. The van der Waals surface area contributed by atoms with Crippen molar-refractivity contribution in [3.05, 3.63) is 86.6 Å². The number of rotatable bonds is 6. The molecule has 3 aromatic rings. The lowest BCUT2D eigenvalue weighted by Crippen LogP contribution is -2.18. The second-order valence-corrected chi connectivity index (χ2v) is 7.24. The Bertz CT molecular complexity index is 1050. The Labute approximate surface area is 170 Å². The monoisotopic (exact) mass is 410 g/mol. The Balaban J connectivity index is 1.92. The van der Waals surface area contributed by atoms with Crippen LogP contribution in [0.1, 0.15) is 39.4 Å². The maximum atomic E-state index is 12.7. The molecule has 0 saturated carbocycles. The normalized spacial score (nSPS) is 11.4. The number of carboxylic acids is 1. The molecule has 28 heavy (non-hydrogen) atoms. The van der Waals surface area contributed by atoms with Crippen molar-refractivity contribution >= 4 is 40.5 Å². The number of carbonyl (C=O) groups is 2. The molecule has 1 amide bonds. The number of nitrogens with zero attached hydrogens (tertiary/aromatic N) is 1. The summed E-state index contributed by atoms with van der Waals surface area (Å²) < 4.78 is 0. The fourth-order valence-corrected chi connectivity index (χ4v) is 3.83. The summed E-state index contributed by atoms with van der Waals surface area (Å²) in [4.78, 5) is 24.0. The smallest absolute Gasteiger partial charge is 0.338 e. The van der Waals surface area contributed by atoms with Crippen LogP contribution in [0.3, 0.4) is 0 Å². The summed E-state index contributed by atoms with van der Waals surface area (Å²) in [5, 5.41) is 25.0. The van der Waals surface area contributed by atoms with Gasteiger partial charge in [-0.3, -0.25) is 4.79 Å². The van der Waals surface area contributed by atoms with E-state index in [0.717, 1.165) is 11.1 Å². The van der Waals surface area contributed by atoms with Crippen molar-refractivity contribution < 1.29 is 14.7 Å². The summed E-state index contributed by atoms with van der Waals surface area (Å²) in [5.74, 6) is -1.81. The molecule has 5 nitrogen and oxygen atoms in total. The highest BCUT2D eigenvalue weighted by Gasteiger charge is 2.22. The summed E-state index contributed by atoms with van der Waals surface area (Å²) in [6, 6.07) is 16.4. The number of carboxylic acid groups (broad SMARTS) is 1. The Morgan fingerprint density at radius 3 is 2.54 bits per heavy atom. The Morgan fingerprint density at radius 1 is 1.14 bits per heavy atom. The first-order valence-electron chi connectivity index (χ1n) is 8.33. The van der Waals surface area contributed by atoms with Crippen molar-refractivity contribution in [2.75, 3.05) is 5.32 Å². The summed E-state index contributed by atoms with van der Waals surface area (Å²) in [6.45, 7) is 0. The molecule has 0 bridgehead atoms. The van der Waals surface area contributed by atoms with Crippen molar-refractivity contribution in [1.82, 2.24) is 0 Å². The van der Waals surface area contributed by atoms with E-state index in [9.17, 15) is 20.0 Å². The molecule has 0 spiro atoms. The fraction of sp³-hybridized carbons (Fsp3) is 0.0952.